The number of carbonyl (C=O) groups excluding carboxylic acids is 1. The van der Waals surface area contributed by atoms with Gasteiger partial charge in [0.15, 0.2) is 0 Å². The molecule has 0 radical (unpaired) electrons. The Balaban J connectivity index is 2.83. The summed E-state index contributed by atoms with van der Waals surface area (Å²) in [5.41, 5.74) is 2.70. The lowest BCUT2D eigenvalue weighted by Crippen LogP contribution is -2.27. The van der Waals surface area contributed by atoms with Crippen molar-refractivity contribution in [3.8, 4) is 0 Å². The third-order valence-corrected chi connectivity index (χ3v) is 3.84. The lowest BCUT2D eigenvalue weighted by atomic mass is 10.2. The standard InChI is InChI=1S/C19H30N2O/c1-6-8-14-21(15-9-7-2)18-12-10-17(11-13-18)20(5)19(22)16(3)4/h10-13H,3,6-9,14-15H2,1-2,4-5H3. The Kier molecular flexibility index (Phi) is 7.72. The number of anilines is 2. The van der Waals surface area contributed by atoms with Gasteiger partial charge in [0, 0.05) is 37.1 Å². The van der Waals surface area contributed by atoms with Gasteiger partial charge in [-0.05, 0) is 44.0 Å². The highest BCUT2D eigenvalue weighted by Crippen LogP contribution is 2.22. The molecular weight excluding hydrogens is 272 g/mol. The van der Waals surface area contributed by atoms with Gasteiger partial charge in [0.1, 0.15) is 0 Å². The summed E-state index contributed by atoms with van der Waals surface area (Å²) in [5, 5.41) is 0. The summed E-state index contributed by atoms with van der Waals surface area (Å²) >= 11 is 0. The van der Waals surface area contributed by atoms with Gasteiger partial charge in [0.05, 0.1) is 0 Å². The van der Waals surface area contributed by atoms with Crippen molar-refractivity contribution in [1.29, 1.82) is 0 Å². The molecule has 1 rings (SSSR count). The average Bonchev–Trinajstić information content (AvgIpc) is 2.53. The molecular formula is C19H30N2O. The molecule has 0 aliphatic carbocycles. The zero-order chi connectivity index (χ0) is 16.5. The molecule has 0 heterocycles. The van der Waals surface area contributed by atoms with Crippen molar-refractivity contribution in [1.82, 2.24) is 0 Å². The lowest BCUT2D eigenvalue weighted by Gasteiger charge is -2.25. The number of unbranched alkanes of at least 4 members (excludes halogenated alkanes) is 2. The Morgan fingerprint density at radius 1 is 1.00 bits per heavy atom. The molecule has 1 amide bonds. The molecule has 0 aromatic heterocycles. The Bertz CT molecular complexity index is 471. The van der Waals surface area contributed by atoms with Crippen LogP contribution in [0.4, 0.5) is 11.4 Å². The summed E-state index contributed by atoms with van der Waals surface area (Å²) in [7, 11) is 1.79. The molecule has 1 aromatic rings. The topological polar surface area (TPSA) is 23.6 Å². The number of hydrogen-bond acceptors (Lipinski definition) is 2. The molecule has 0 saturated carbocycles. The zero-order valence-electron chi connectivity index (χ0n) is 14.6. The van der Waals surface area contributed by atoms with Gasteiger partial charge in [0.25, 0.3) is 5.91 Å². The van der Waals surface area contributed by atoms with E-state index in [1.54, 1.807) is 18.9 Å². The highest BCUT2D eigenvalue weighted by Gasteiger charge is 2.12. The number of carbonyl (C=O) groups is 1. The van der Waals surface area contributed by atoms with E-state index in [-0.39, 0.29) is 5.91 Å². The number of hydrogen-bond donors (Lipinski definition) is 0. The Morgan fingerprint density at radius 3 is 1.86 bits per heavy atom. The van der Waals surface area contributed by atoms with Gasteiger partial charge in [-0.25, -0.2) is 0 Å². The SMILES string of the molecule is C=C(C)C(=O)N(C)c1ccc(N(CCCC)CCCC)cc1. The van der Waals surface area contributed by atoms with E-state index in [9.17, 15) is 4.79 Å². The van der Waals surface area contributed by atoms with Crippen LogP contribution in [0.25, 0.3) is 0 Å². The van der Waals surface area contributed by atoms with Crippen LogP contribution in [0.1, 0.15) is 46.5 Å². The van der Waals surface area contributed by atoms with Crippen LogP contribution < -0.4 is 9.80 Å². The van der Waals surface area contributed by atoms with Gasteiger partial charge in [-0.2, -0.15) is 0 Å². The molecule has 0 fully saturated rings. The van der Waals surface area contributed by atoms with E-state index >= 15 is 0 Å². The molecule has 0 bridgehead atoms. The molecule has 0 spiro atoms. The summed E-state index contributed by atoms with van der Waals surface area (Å²) in [6.45, 7) is 12.1. The number of nitrogens with zero attached hydrogens (tertiary/aromatic N) is 2. The van der Waals surface area contributed by atoms with E-state index in [2.05, 4.69) is 37.5 Å². The van der Waals surface area contributed by atoms with Crippen molar-refractivity contribution in [3.05, 3.63) is 36.4 Å². The third-order valence-electron chi connectivity index (χ3n) is 3.84. The third kappa shape index (κ3) is 5.21. The average molecular weight is 302 g/mol. The number of rotatable bonds is 9. The van der Waals surface area contributed by atoms with Crippen molar-refractivity contribution >= 4 is 17.3 Å². The Labute approximate surface area is 135 Å². The van der Waals surface area contributed by atoms with Gasteiger partial charge in [-0.3, -0.25) is 4.79 Å². The molecule has 0 atom stereocenters. The van der Waals surface area contributed by atoms with Crippen molar-refractivity contribution in [2.45, 2.75) is 46.5 Å². The summed E-state index contributed by atoms with van der Waals surface area (Å²) in [6.07, 6.45) is 4.83. The minimum atomic E-state index is -0.0402. The summed E-state index contributed by atoms with van der Waals surface area (Å²) in [5.74, 6) is -0.0402. The van der Waals surface area contributed by atoms with Crippen LogP contribution in [0, 0.1) is 0 Å². The quantitative estimate of drug-likeness (QED) is 0.621. The first-order valence-corrected chi connectivity index (χ1v) is 8.29. The molecule has 3 heteroatoms. The van der Waals surface area contributed by atoms with E-state index in [1.165, 1.54) is 31.4 Å². The van der Waals surface area contributed by atoms with E-state index < -0.39 is 0 Å². The van der Waals surface area contributed by atoms with Crippen molar-refractivity contribution in [3.63, 3.8) is 0 Å². The van der Waals surface area contributed by atoms with Crippen LogP contribution in [0.15, 0.2) is 36.4 Å². The first-order valence-electron chi connectivity index (χ1n) is 8.29. The highest BCUT2D eigenvalue weighted by molar-refractivity contribution is 6.04. The minimum Gasteiger partial charge on any atom is -0.372 e. The number of benzene rings is 1. The smallest absolute Gasteiger partial charge is 0.253 e. The second kappa shape index (κ2) is 9.29. The second-order valence-corrected chi connectivity index (χ2v) is 5.86. The van der Waals surface area contributed by atoms with Crippen molar-refractivity contribution in [2.75, 3.05) is 29.9 Å². The van der Waals surface area contributed by atoms with Crippen LogP contribution in [0.3, 0.4) is 0 Å². The van der Waals surface area contributed by atoms with Gasteiger partial charge >= 0.3 is 0 Å². The number of amides is 1. The first kappa shape index (κ1) is 18.3. The summed E-state index contributed by atoms with van der Waals surface area (Å²) in [4.78, 5) is 16.0. The molecule has 1 aromatic carbocycles. The molecule has 22 heavy (non-hydrogen) atoms. The molecule has 0 N–H and O–H groups in total. The molecule has 0 aliphatic heterocycles. The fourth-order valence-corrected chi connectivity index (χ4v) is 2.36. The van der Waals surface area contributed by atoms with E-state index in [4.69, 9.17) is 0 Å². The van der Waals surface area contributed by atoms with Crippen LogP contribution in [0.2, 0.25) is 0 Å². The lowest BCUT2D eigenvalue weighted by molar-refractivity contribution is -0.114. The minimum absolute atomic E-state index is 0.0402. The normalized spacial score (nSPS) is 10.4. The second-order valence-electron chi connectivity index (χ2n) is 5.86. The Morgan fingerprint density at radius 2 is 1.45 bits per heavy atom. The highest BCUT2D eigenvalue weighted by atomic mass is 16.2. The maximum absolute atomic E-state index is 12.0. The predicted octanol–water partition coefficient (Wildman–Crippen LogP) is 4.63. The molecule has 0 saturated heterocycles. The van der Waals surface area contributed by atoms with Crippen LogP contribution >= 0.6 is 0 Å². The van der Waals surface area contributed by atoms with Crippen LogP contribution in [0.5, 0.6) is 0 Å². The maximum atomic E-state index is 12.0. The monoisotopic (exact) mass is 302 g/mol. The van der Waals surface area contributed by atoms with E-state index in [0.717, 1.165) is 18.8 Å². The van der Waals surface area contributed by atoms with Gasteiger partial charge in [-0.15, -0.1) is 0 Å². The van der Waals surface area contributed by atoms with Crippen LogP contribution in [-0.2, 0) is 4.79 Å². The van der Waals surface area contributed by atoms with Gasteiger partial charge < -0.3 is 9.80 Å². The zero-order valence-corrected chi connectivity index (χ0v) is 14.6. The summed E-state index contributed by atoms with van der Waals surface area (Å²) in [6, 6.07) is 8.26. The van der Waals surface area contributed by atoms with Crippen LogP contribution in [-0.4, -0.2) is 26.0 Å². The fraction of sp³-hybridized carbons (Fsp3) is 0.526. The molecule has 0 aliphatic rings. The molecule has 122 valence electrons. The van der Waals surface area contributed by atoms with E-state index in [0.29, 0.717) is 5.57 Å². The predicted molar refractivity (Wildman–Crippen MR) is 96.7 cm³/mol. The van der Waals surface area contributed by atoms with E-state index in [1.807, 2.05) is 12.1 Å². The molecule has 0 unspecified atom stereocenters. The maximum Gasteiger partial charge on any atom is 0.253 e. The van der Waals surface area contributed by atoms with Gasteiger partial charge in [0.2, 0.25) is 0 Å². The Hall–Kier alpha value is -1.77. The number of likely N-dealkylation sites (N-methyl/N-ethyl adjacent to an activating group) is 1. The largest absolute Gasteiger partial charge is 0.372 e. The van der Waals surface area contributed by atoms with Crippen molar-refractivity contribution < 1.29 is 4.79 Å². The molecule has 3 nitrogen and oxygen atoms in total. The summed E-state index contributed by atoms with van der Waals surface area (Å²) < 4.78 is 0. The van der Waals surface area contributed by atoms with Crippen molar-refractivity contribution in [2.24, 2.45) is 0 Å². The van der Waals surface area contributed by atoms with Gasteiger partial charge in [-0.1, -0.05) is 33.3 Å². The first-order chi connectivity index (χ1) is 10.5. The fourth-order valence-electron chi connectivity index (χ4n) is 2.36.